The van der Waals surface area contributed by atoms with Gasteiger partial charge in [-0.05, 0) is 54.8 Å². The molecule has 0 aliphatic heterocycles. The van der Waals surface area contributed by atoms with Crippen LogP contribution in [0.3, 0.4) is 0 Å². The molecule has 0 fully saturated rings. The number of benzene rings is 2. The molecule has 0 aromatic heterocycles. The number of hydrogen-bond donors (Lipinski definition) is 3. The van der Waals surface area contributed by atoms with Gasteiger partial charge in [0.1, 0.15) is 6.04 Å². The van der Waals surface area contributed by atoms with Crippen molar-refractivity contribution in [1.29, 1.82) is 0 Å². The molecule has 178 valence electrons. The molecule has 0 aliphatic carbocycles. The van der Waals surface area contributed by atoms with Crippen molar-refractivity contribution in [3.05, 3.63) is 58.6 Å². The fraction of sp³-hybridized carbons (Fsp3) is 0.375. The Balaban J connectivity index is 1.99. The lowest BCUT2D eigenvalue weighted by Gasteiger charge is -2.22. The molecular weight excluding hydrogens is 446 g/mol. The molecule has 0 radical (unpaired) electrons. The first kappa shape index (κ1) is 26.0. The first-order chi connectivity index (χ1) is 15.8. The average Bonchev–Trinajstić information content (AvgIpc) is 2.81. The molecule has 2 aromatic carbocycles. The molecule has 2 rings (SSSR count). The van der Waals surface area contributed by atoms with Crippen LogP contribution in [0.4, 0.5) is 0 Å². The molecule has 1 atom stereocenters. The lowest BCUT2D eigenvalue weighted by molar-refractivity contribution is -0.124. The van der Waals surface area contributed by atoms with E-state index in [4.69, 9.17) is 21.1 Å². The van der Waals surface area contributed by atoms with Gasteiger partial charge in [0, 0.05) is 16.1 Å². The number of ether oxygens (including phenoxy) is 2. The number of nitrogens with one attached hydrogen (secondary N) is 3. The summed E-state index contributed by atoms with van der Waals surface area (Å²) in [6.45, 7) is 6.19. The third kappa shape index (κ3) is 7.68. The Bertz CT molecular complexity index is 963. The van der Waals surface area contributed by atoms with E-state index < -0.39 is 23.8 Å². The molecule has 0 aliphatic rings. The summed E-state index contributed by atoms with van der Waals surface area (Å²) in [7, 11) is 1.49. The van der Waals surface area contributed by atoms with E-state index in [1.54, 1.807) is 50.2 Å². The second-order valence-corrected chi connectivity index (χ2v) is 8.15. The molecular formula is C24H30ClN3O5. The maximum Gasteiger partial charge on any atom is 0.269 e. The zero-order chi connectivity index (χ0) is 24.4. The molecule has 33 heavy (non-hydrogen) atoms. The minimum absolute atomic E-state index is 0.224. The summed E-state index contributed by atoms with van der Waals surface area (Å²) in [4.78, 5) is 37.7. The van der Waals surface area contributed by atoms with E-state index >= 15 is 0 Å². The van der Waals surface area contributed by atoms with Crippen LogP contribution in [0.2, 0.25) is 5.02 Å². The average molecular weight is 476 g/mol. The van der Waals surface area contributed by atoms with Gasteiger partial charge < -0.3 is 14.8 Å². The van der Waals surface area contributed by atoms with Crippen molar-refractivity contribution in [1.82, 2.24) is 16.2 Å². The predicted molar refractivity (Wildman–Crippen MR) is 127 cm³/mol. The standard InChI is InChI=1S/C24H30ClN3O5/c1-5-6-13-33-19-12-9-17(14-20(19)32-4)23(30)27-28-24(31)21(15(2)3)26-22(29)16-7-10-18(25)11-8-16/h7-12,14-15,21H,5-6,13H2,1-4H3,(H,26,29)(H,27,30)(H,28,31)/t21-/m0/s1. The second-order valence-electron chi connectivity index (χ2n) is 7.71. The summed E-state index contributed by atoms with van der Waals surface area (Å²) in [5, 5.41) is 3.19. The van der Waals surface area contributed by atoms with Crippen molar-refractivity contribution in [3.63, 3.8) is 0 Å². The van der Waals surface area contributed by atoms with Crippen LogP contribution in [0.5, 0.6) is 11.5 Å². The molecule has 0 heterocycles. The van der Waals surface area contributed by atoms with Crippen molar-refractivity contribution in [3.8, 4) is 11.5 Å². The van der Waals surface area contributed by atoms with Gasteiger partial charge in [0.05, 0.1) is 13.7 Å². The van der Waals surface area contributed by atoms with Crippen molar-refractivity contribution in [2.24, 2.45) is 5.92 Å². The van der Waals surface area contributed by atoms with E-state index in [1.165, 1.54) is 13.2 Å². The largest absolute Gasteiger partial charge is 0.493 e. The van der Waals surface area contributed by atoms with Crippen LogP contribution >= 0.6 is 11.6 Å². The van der Waals surface area contributed by atoms with Crippen molar-refractivity contribution in [2.75, 3.05) is 13.7 Å². The zero-order valence-corrected chi connectivity index (χ0v) is 20.0. The van der Waals surface area contributed by atoms with Crippen LogP contribution in [0, 0.1) is 5.92 Å². The Morgan fingerprint density at radius 1 is 0.939 bits per heavy atom. The van der Waals surface area contributed by atoms with Crippen LogP contribution in [0.1, 0.15) is 54.3 Å². The van der Waals surface area contributed by atoms with E-state index in [-0.39, 0.29) is 11.5 Å². The Labute approximate surface area is 199 Å². The number of methoxy groups -OCH3 is 1. The van der Waals surface area contributed by atoms with Gasteiger partial charge in [-0.25, -0.2) is 0 Å². The highest BCUT2D eigenvalue weighted by Crippen LogP contribution is 2.28. The maximum absolute atomic E-state index is 12.7. The molecule has 3 N–H and O–H groups in total. The van der Waals surface area contributed by atoms with Crippen molar-refractivity contribution >= 4 is 29.3 Å². The fourth-order valence-corrected chi connectivity index (χ4v) is 3.01. The van der Waals surface area contributed by atoms with Gasteiger partial charge in [-0.15, -0.1) is 0 Å². The monoisotopic (exact) mass is 475 g/mol. The van der Waals surface area contributed by atoms with E-state index in [0.717, 1.165) is 12.8 Å². The molecule has 9 heteroatoms. The molecule has 8 nitrogen and oxygen atoms in total. The Kier molecular flexibility index (Phi) is 10.00. The third-order valence-electron chi connectivity index (χ3n) is 4.82. The number of hydrogen-bond acceptors (Lipinski definition) is 5. The Morgan fingerprint density at radius 3 is 2.21 bits per heavy atom. The van der Waals surface area contributed by atoms with Gasteiger partial charge in [-0.2, -0.15) is 0 Å². The van der Waals surface area contributed by atoms with Crippen LogP contribution in [-0.4, -0.2) is 37.5 Å². The molecule has 2 aromatic rings. The van der Waals surface area contributed by atoms with Crippen molar-refractivity contribution < 1.29 is 23.9 Å². The highest BCUT2D eigenvalue weighted by Gasteiger charge is 2.25. The molecule has 0 unspecified atom stereocenters. The van der Waals surface area contributed by atoms with Gasteiger partial charge in [0.25, 0.3) is 17.7 Å². The number of rotatable bonds is 10. The molecule has 0 spiro atoms. The molecule has 0 saturated heterocycles. The van der Waals surface area contributed by atoms with Gasteiger partial charge in [0.15, 0.2) is 11.5 Å². The van der Waals surface area contributed by atoms with Gasteiger partial charge in [-0.1, -0.05) is 38.8 Å². The maximum atomic E-state index is 12.7. The molecule has 3 amide bonds. The SMILES string of the molecule is CCCCOc1ccc(C(=O)NNC(=O)[C@@H](NC(=O)c2ccc(Cl)cc2)C(C)C)cc1OC. The number of halogens is 1. The smallest absolute Gasteiger partial charge is 0.269 e. The van der Waals surface area contributed by atoms with E-state index in [0.29, 0.717) is 28.7 Å². The van der Waals surface area contributed by atoms with Crippen LogP contribution < -0.4 is 25.6 Å². The quantitative estimate of drug-likeness (QED) is 0.358. The Hall–Kier alpha value is -3.26. The normalized spacial score (nSPS) is 11.5. The lowest BCUT2D eigenvalue weighted by atomic mass is 10.0. The first-order valence-electron chi connectivity index (χ1n) is 10.7. The second kappa shape index (κ2) is 12.7. The molecule has 0 bridgehead atoms. The lowest BCUT2D eigenvalue weighted by Crippen LogP contribution is -2.54. The highest BCUT2D eigenvalue weighted by molar-refractivity contribution is 6.30. The van der Waals surface area contributed by atoms with Crippen LogP contribution in [-0.2, 0) is 4.79 Å². The topological polar surface area (TPSA) is 106 Å². The highest BCUT2D eigenvalue weighted by atomic mass is 35.5. The van der Waals surface area contributed by atoms with Crippen molar-refractivity contribution in [2.45, 2.75) is 39.7 Å². The summed E-state index contributed by atoms with van der Waals surface area (Å²) >= 11 is 5.85. The third-order valence-corrected chi connectivity index (χ3v) is 5.07. The minimum atomic E-state index is -0.864. The van der Waals surface area contributed by atoms with Crippen LogP contribution in [0.25, 0.3) is 0 Å². The summed E-state index contributed by atoms with van der Waals surface area (Å²) in [6, 6.07) is 10.2. The number of amides is 3. The van der Waals surface area contributed by atoms with E-state index in [1.807, 2.05) is 0 Å². The zero-order valence-electron chi connectivity index (χ0n) is 19.2. The summed E-state index contributed by atoms with van der Waals surface area (Å²) in [6.07, 6.45) is 1.91. The number of carbonyl (C=O) groups excluding carboxylic acids is 3. The first-order valence-corrected chi connectivity index (χ1v) is 11.1. The Morgan fingerprint density at radius 2 is 1.61 bits per heavy atom. The van der Waals surface area contributed by atoms with Gasteiger partial charge in [0.2, 0.25) is 0 Å². The van der Waals surface area contributed by atoms with Gasteiger partial charge >= 0.3 is 0 Å². The number of hydrazine groups is 1. The number of unbranched alkanes of at least 4 members (excludes halogenated alkanes) is 1. The van der Waals surface area contributed by atoms with Crippen LogP contribution in [0.15, 0.2) is 42.5 Å². The summed E-state index contributed by atoms with van der Waals surface area (Å²) in [5.41, 5.74) is 5.40. The fourth-order valence-electron chi connectivity index (χ4n) is 2.88. The van der Waals surface area contributed by atoms with E-state index in [9.17, 15) is 14.4 Å². The summed E-state index contributed by atoms with van der Waals surface area (Å²) in [5.74, 6) is -0.773. The molecule has 0 saturated carbocycles. The van der Waals surface area contributed by atoms with E-state index in [2.05, 4.69) is 23.1 Å². The van der Waals surface area contributed by atoms with Gasteiger partial charge in [-0.3, -0.25) is 25.2 Å². The number of carbonyl (C=O) groups is 3. The summed E-state index contributed by atoms with van der Waals surface area (Å²) < 4.78 is 11.0. The minimum Gasteiger partial charge on any atom is -0.493 e. The predicted octanol–water partition coefficient (Wildman–Crippen LogP) is 3.74.